The molecule has 0 aliphatic carbocycles. The van der Waals surface area contributed by atoms with E-state index >= 15 is 0 Å². The van der Waals surface area contributed by atoms with Gasteiger partial charge >= 0.3 is 0 Å². The molecule has 0 spiro atoms. The SMILES string of the molecule is CC(C)N[C@H](C(=O)c1ccccc1)C(C)C. The van der Waals surface area contributed by atoms with E-state index < -0.39 is 0 Å². The van der Waals surface area contributed by atoms with E-state index in [1.807, 2.05) is 30.3 Å². The van der Waals surface area contributed by atoms with Crippen LogP contribution in [0.5, 0.6) is 0 Å². The van der Waals surface area contributed by atoms with E-state index in [-0.39, 0.29) is 11.8 Å². The highest BCUT2D eigenvalue weighted by atomic mass is 16.1. The predicted molar refractivity (Wildman–Crippen MR) is 67.7 cm³/mol. The van der Waals surface area contributed by atoms with E-state index in [9.17, 15) is 4.79 Å². The van der Waals surface area contributed by atoms with Gasteiger partial charge in [-0.1, -0.05) is 58.0 Å². The number of hydrogen-bond acceptors (Lipinski definition) is 2. The Balaban J connectivity index is 2.83. The van der Waals surface area contributed by atoms with Crippen LogP contribution in [-0.4, -0.2) is 17.9 Å². The lowest BCUT2D eigenvalue weighted by atomic mass is 9.94. The Morgan fingerprint density at radius 1 is 1.06 bits per heavy atom. The van der Waals surface area contributed by atoms with Gasteiger partial charge in [-0.05, 0) is 5.92 Å². The Bertz CT molecular complexity index is 330. The Kier molecular flexibility index (Phi) is 4.69. The molecule has 2 nitrogen and oxygen atoms in total. The van der Waals surface area contributed by atoms with Crippen molar-refractivity contribution in [2.45, 2.75) is 39.8 Å². The summed E-state index contributed by atoms with van der Waals surface area (Å²) in [7, 11) is 0. The fourth-order valence-electron chi connectivity index (χ4n) is 1.71. The molecule has 1 rings (SSSR count). The van der Waals surface area contributed by atoms with Crippen molar-refractivity contribution in [3.8, 4) is 0 Å². The second-order valence-corrected chi connectivity index (χ2v) is 4.77. The molecule has 0 aliphatic heterocycles. The van der Waals surface area contributed by atoms with Gasteiger partial charge in [0.05, 0.1) is 6.04 Å². The van der Waals surface area contributed by atoms with Crippen molar-refractivity contribution >= 4 is 5.78 Å². The minimum absolute atomic E-state index is 0.0950. The van der Waals surface area contributed by atoms with Crippen molar-refractivity contribution in [2.75, 3.05) is 0 Å². The fraction of sp³-hybridized carbons (Fsp3) is 0.500. The summed E-state index contributed by atoms with van der Waals surface area (Å²) >= 11 is 0. The van der Waals surface area contributed by atoms with Crippen molar-refractivity contribution in [1.29, 1.82) is 0 Å². The van der Waals surface area contributed by atoms with Crippen LogP contribution in [0.1, 0.15) is 38.1 Å². The molecule has 1 aromatic carbocycles. The lowest BCUT2D eigenvalue weighted by molar-refractivity contribution is 0.0910. The first-order chi connectivity index (χ1) is 7.52. The normalized spacial score (nSPS) is 13.1. The summed E-state index contributed by atoms with van der Waals surface area (Å²) in [5.74, 6) is 0.486. The zero-order chi connectivity index (χ0) is 12.1. The third-order valence-corrected chi connectivity index (χ3v) is 2.52. The third-order valence-electron chi connectivity index (χ3n) is 2.52. The number of rotatable bonds is 5. The lowest BCUT2D eigenvalue weighted by Gasteiger charge is -2.23. The highest BCUT2D eigenvalue weighted by molar-refractivity contribution is 6.00. The molecular formula is C14H21NO. The first-order valence-electron chi connectivity index (χ1n) is 5.87. The summed E-state index contributed by atoms with van der Waals surface area (Å²) in [6.07, 6.45) is 0. The smallest absolute Gasteiger partial charge is 0.179 e. The van der Waals surface area contributed by atoms with E-state index in [4.69, 9.17) is 0 Å². The first-order valence-corrected chi connectivity index (χ1v) is 5.87. The Morgan fingerprint density at radius 3 is 2.06 bits per heavy atom. The fourth-order valence-corrected chi connectivity index (χ4v) is 1.71. The topological polar surface area (TPSA) is 29.1 Å². The second-order valence-electron chi connectivity index (χ2n) is 4.77. The van der Waals surface area contributed by atoms with Gasteiger partial charge in [0.15, 0.2) is 5.78 Å². The van der Waals surface area contributed by atoms with Crippen LogP contribution in [0.3, 0.4) is 0 Å². The summed E-state index contributed by atoms with van der Waals surface area (Å²) in [6.45, 7) is 8.27. The Morgan fingerprint density at radius 2 is 1.62 bits per heavy atom. The van der Waals surface area contributed by atoms with Crippen molar-refractivity contribution in [3.63, 3.8) is 0 Å². The van der Waals surface area contributed by atoms with Gasteiger partial charge in [0.2, 0.25) is 0 Å². The molecular weight excluding hydrogens is 198 g/mol. The summed E-state index contributed by atoms with van der Waals surface area (Å²) in [4.78, 5) is 12.3. The van der Waals surface area contributed by atoms with E-state index in [0.29, 0.717) is 12.0 Å². The average molecular weight is 219 g/mol. The average Bonchev–Trinajstić information content (AvgIpc) is 2.25. The molecule has 1 atom stereocenters. The Labute approximate surface area is 98.1 Å². The molecule has 1 aromatic rings. The summed E-state index contributed by atoms with van der Waals surface area (Å²) in [6, 6.07) is 9.71. The minimum Gasteiger partial charge on any atom is -0.305 e. The number of nitrogens with one attached hydrogen (secondary N) is 1. The number of Topliss-reactive ketones (excluding diaryl/α,β-unsaturated/α-hetero) is 1. The quantitative estimate of drug-likeness (QED) is 0.771. The lowest BCUT2D eigenvalue weighted by Crippen LogP contribution is -2.44. The summed E-state index contributed by atoms with van der Waals surface area (Å²) < 4.78 is 0. The van der Waals surface area contributed by atoms with Crippen LogP contribution >= 0.6 is 0 Å². The Hall–Kier alpha value is -1.15. The molecule has 0 saturated heterocycles. The molecule has 0 aliphatic rings. The van der Waals surface area contributed by atoms with Gasteiger partial charge in [0.25, 0.3) is 0 Å². The van der Waals surface area contributed by atoms with Crippen LogP contribution in [0.4, 0.5) is 0 Å². The highest BCUT2D eigenvalue weighted by Gasteiger charge is 2.23. The number of ketones is 1. The van der Waals surface area contributed by atoms with Crippen LogP contribution in [-0.2, 0) is 0 Å². The van der Waals surface area contributed by atoms with E-state index in [2.05, 4.69) is 33.0 Å². The van der Waals surface area contributed by atoms with Crippen molar-refractivity contribution in [1.82, 2.24) is 5.32 Å². The zero-order valence-electron chi connectivity index (χ0n) is 10.5. The summed E-state index contributed by atoms with van der Waals surface area (Å²) in [5, 5.41) is 3.33. The van der Waals surface area contributed by atoms with Gasteiger partial charge in [0.1, 0.15) is 0 Å². The highest BCUT2D eigenvalue weighted by Crippen LogP contribution is 2.11. The van der Waals surface area contributed by atoms with Crippen LogP contribution in [0.25, 0.3) is 0 Å². The van der Waals surface area contributed by atoms with Crippen LogP contribution < -0.4 is 5.32 Å². The van der Waals surface area contributed by atoms with Gasteiger partial charge in [0, 0.05) is 11.6 Å². The maximum absolute atomic E-state index is 12.3. The molecule has 0 unspecified atom stereocenters. The molecule has 0 fully saturated rings. The maximum Gasteiger partial charge on any atom is 0.179 e. The number of benzene rings is 1. The van der Waals surface area contributed by atoms with Gasteiger partial charge in [-0.25, -0.2) is 0 Å². The van der Waals surface area contributed by atoms with Crippen molar-refractivity contribution < 1.29 is 4.79 Å². The first kappa shape index (κ1) is 12.9. The number of carbonyl (C=O) groups excluding carboxylic acids is 1. The molecule has 0 saturated carbocycles. The number of hydrogen-bond donors (Lipinski definition) is 1. The molecule has 2 heteroatoms. The van der Waals surface area contributed by atoms with Gasteiger partial charge < -0.3 is 5.32 Å². The monoisotopic (exact) mass is 219 g/mol. The number of carbonyl (C=O) groups is 1. The van der Waals surface area contributed by atoms with Gasteiger partial charge in [-0.3, -0.25) is 4.79 Å². The predicted octanol–water partition coefficient (Wildman–Crippen LogP) is 2.89. The zero-order valence-corrected chi connectivity index (χ0v) is 10.5. The van der Waals surface area contributed by atoms with Gasteiger partial charge in [-0.15, -0.1) is 0 Å². The van der Waals surface area contributed by atoms with Crippen LogP contribution in [0, 0.1) is 5.92 Å². The molecule has 1 N–H and O–H groups in total. The molecule has 0 aromatic heterocycles. The third kappa shape index (κ3) is 3.46. The molecule has 0 amide bonds. The van der Waals surface area contributed by atoms with E-state index in [1.54, 1.807) is 0 Å². The largest absolute Gasteiger partial charge is 0.305 e. The van der Waals surface area contributed by atoms with Crippen LogP contribution in [0.15, 0.2) is 30.3 Å². The minimum atomic E-state index is -0.0950. The molecule has 16 heavy (non-hydrogen) atoms. The maximum atomic E-state index is 12.3. The second kappa shape index (κ2) is 5.80. The molecule has 0 heterocycles. The van der Waals surface area contributed by atoms with E-state index in [1.165, 1.54) is 0 Å². The van der Waals surface area contributed by atoms with Gasteiger partial charge in [-0.2, -0.15) is 0 Å². The molecule has 0 radical (unpaired) electrons. The molecule has 0 bridgehead atoms. The van der Waals surface area contributed by atoms with Crippen LogP contribution in [0.2, 0.25) is 0 Å². The van der Waals surface area contributed by atoms with Crippen molar-refractivity contribution in [3.05, 3.63) is 35.9 Å². The standard InChI is InChI=1S/C14H21NO/c1-10(2)13(15-11(3)4)14(16)12-8-6-5-7-9-12/h5-11,13,15H,1-4H3/t13-/m0/s1. The van der Waals surface area contributed by atoms with E-state index in [0.717, 1.165) is 5.56 Å². The summed E-state index contributed by atoms with van der Waals surface area (Å²) in [5.41, 5.74) is 0.786. The van der Waals surface area contributed by atoms with Crippen molar-refractivity contribution in [2.24, 2.45) is 5.92 Å². The molecule has 88 valence electrons.